The molecule has 0 spiro atoms. The summed E-state index contributed by atoms with van der Waals surface area (Å²) in [5, 5.41) is 4.38. The van der Waals surface area contributed by atoms with Gasteiger partial charge in [-0.05, 0) is 53.0 Å². The van der Waals surface area contributed by atoms with E-state index in [4.69, 9.17) is 0 Å². The smallest absolute Gasteiger partial charge is 0.254 e. The topological polar surface area (TPSA) is 59.3 Å². The Kier molecular flexibility index (Phi) is 5.26. The number of nitrogens with zero attached hydrogens (tertiary/aromatic N) is 3. The fraction of sp³-hybridized carbons (Fsp3) is 0.316. The van der Waals surface area contributed by atoms with Crippen LogP contribution in [0.3, 0.4) is 0 Å². The van der Waals surface area contributed by atoms with Crippen LogP contribution in [-0.2, 0) is 6.54 Å². The number of fused-ring (bicyclic) bond motifs is 1. The maximum atomic E-state index is 12.7. The van der Waals surface area contributed by atoms with Crippen LogP contribution in [-0.4, -0.2) is 25.5 Å². The van der Waals surface area contributed by atoms with Gasteiger partial charge in [-0.15, -0.1) is 11.8 Å². The van der Waals surface area contributed by atoms with Crippen LogP contribution in [0.15, 0.2) is 52.4 Å². The molecular formula is C19H19BrN4OS. The summed E-state index contributed by atoms with van der Waals surface area (Å²) in [5.74, 6) is -0.100. The van der Waals surface area contributed by atoms with E-state index in [0.717, 1.165) is 20.8 Å². The van der Waals surface area contributed by atoms with Crippen molar-refractivity contribution in [3.05, 3.63) is 58.6 Å². The van der Waals surface area contributed by atoms with Crippen LogP contribution < -0.4 is 5.32 Å². The second-order valence-corrected chi connectivity index (χ2v) is 8.61. The Morgan fingerprint density at radius 3 is 2.96 bits per heavy atom. The number of nitrogens with one attached hydrogen (secondary N) is 1. The van der Waals surface area contributed by atoms with Crippen molar-refractivity contribution in [1.82, 2.24) is 19.7 Å². The molecule has 0 atom stereocenters. The zero-order valence-electron chi connectivity index (χ0n) is 14.2. The highest BCUT2D eigenvalue weighted by Gasteiger charge is 2.20. The van der Waals surface area contributed by atoms with Gasteiger partial charge in [-0.2, -0.15) is 0 Å². The number of aromatic nitrogens is 3. The summed E-state index contributed by atoms with van der Waals surface area (Å²) in [7, 11) is 0. The molecule has 26 heavy (non-hydrogen) atoms. The lowest BCUT2D eigenvalue weighted by molar-refractivity contribution is 0.0947. The summed E-state index contributed by atoms with van der Waals surface area (Å²) in [5.41, 5.74) is 2.33. The monoisotopic (exact) mass is 430 g/mol. The van der Waals surface area contributed by atoms with Gasteiger partial charge in [-0.1, -0.05) is 12.8 Å². The SMILES string of the molecule is O=C(NCc1cn2cc(Br)ccc2n1)c1cccnc1SC1CCCC1. The highest BCUT2D eigenvalue weighted by molar-refractivity contribution is 9.10. The van der Waals surface area contributed by atoms with Crippen molar-refractivity contribution in [2.45, 2.75) is 42.5 Å². The Morgan fingerprint density at radius 2 is 2.12 bits per heavy atom. The predicted octanol–water partition coefficient (Wildman–Crippen LogP) is 4.46. The molecule has 1 N–H and O–H groups in total. The summed E-state index contributed by atoms with van der Waals surface area (Å²) in [6.07, 6.45) is 10.6. The molecule has 1 saturated carbocycles. The van der Waals surface area contributed by atoms with Crippen molar-refractivity contribution in [2.75, 3.05) is 0 Å². The number of hydrogen-bond acceptors (Lipinski definition) is 4. The van der Waals surface area contributed by atoms with Crippen molar-refractivity contribution < 1.29 is 4.79 Å². The third-order valence-corrected chi connectivity index (χ3v) is 6.31. The normalized spacial score (nSPS) is 14.8. The van der Waals surface area contributed by atoms with Gasteiger partial charge in [0.15, 0.2) is 0 Å². The zero-order valence-corrected chi connectivity index (χ0v) is 16.6. The van der Waals surface area contributed by atoms with Crippen molar-refractivity contribution in [3.63, 3.8) is 0 Å². The lowest BCUT2D eigenvalue weighted by atomic mass is 10.2. The molecule has 5 nitrogen and oxygen atoms in total. The average molecular weight is 431 g/mol. The number of hydrogen-bond donors (Lipinski definition) is 1. The van der Waals surface area contributed by atoms with Gasteiger partial charge in [0.25, 0.3) is 5.91 Å². The maximum Gasteiger partial charge on any atom is 0.254 e. The number of amides is 1. The minimum atomic E-state index is -0.100. The second kappa shape index (κ2) is 7.80. The third-order valence-electron chi connectivity index (χ3n) is 4.49. The Hall–Kier alpha value is -1.86. The fourth-order valence-electron chi connectivity index (χ4n) is 3.19. The Labute approximate surface area is 164 Å². The van der Waals surface area contributed by atoms with Crippen molar-refractivity contribution >= 4 is 39.2 Å². The van der Waals surface area contributed by atoms with E-state index in [1.165, 1.54) is 25.7 Å². The molecule has 134 valence electrons. The molecule has 1 amide bonds. The van der Waals surface area contributed by atoms with E-state index in [9.17, 15) is 4.79 Å². The fourth-order valence-corrected chi connectivity index (χ4v) is 4.84. The van der Waals surface area contributed by atoms with Gasteiger partial charge in [0.05, 0.1) is 17.8 Å². The molecule has 3 aromatic rings. The van der Waals surface area contributed by atoms with E-state index >= 15 is 0 Å². The van der Waals surface area contributed by atoms with Gasteiger partial charge in [-0.3, -0.25) is 4.79 Å². The highest BCUT2D eigenvalue weighted by atomic mass is 79.9. The molecule has 0 radical (unpaired) electrons. The minimum absolute atomic E-state index is 0.100. The Bertz CT molecular complexity index is 936. The number of carbonyl (C=O) groups is 1. The van der Waals surface area contributed by atoms with Crippen LogP contribution in [0.2, 0.25) is 0 Å². The van der Waals surface area contributed by atoms with Crippen molar-refractivity contribution in [2.24, 2.45) is 0 Å². The molecule has 3 heterocycles. The molecule has 3 aromatic heterocycles. The second-order valence-electron chi connectivity index (χ2n) is 6.41. The van der Waals surface area contributed by atoms with Gasteiger partial charge >= 0.3 is 0 Å². The highest BCUT2D eigenvalue weighted by Crippen LogP contribution is 2.35. The summed E-state index contributed by atoms with van der Waals surface area (Å²) in [6, 6.07) is 7.55. The first kappa shape index (κ1) is 17.5. The molecule has 4 rings (SSSR count). The van der Waals surface area contributed by atoms with Crippen LogP contribution in [0.25, 0.3) is 5.65 Å². The van der Waals surface area contributed by atoms with Crippen LogP contribution in [0.4, 0.5) is 0 Å². The number of pyridine rings is 2. The molecule has 0 unspecified atom stereocenters. The van der Waals surface area contributed by atoms with E-state index < -0.39 is 0 Å². The molecule has 0 bridgehead atoms. The zero-order chi connectivity index (χ0) is 17.9. The summed E-state index contributed by atoms with van der Waals surface area (Å²) >= 11 is 5.19. The Balaban J connectivity index is 1.45. The van der Waals surface area contributed by atoms with Crippen LogP contribution in [0.5, 0.6) is 0 Å². The largest absolute Gasteiger partial charge is 0.346 e. The van der Waals surface area contributed by atoms with Crippen LogP contribution >= 0.6 is 27.7 Å². The quantitative estimate of drug-likeness (QED) is 0.648. The van der Waals surface area contributed by atoms with E-state index in [1.807, 2.05) is 41.1 Å². The standard InChI is InChI=1S/C19H19BrN4OS/c20-13-7-8-17-23-14(12-24(17)11-13)10-22-18(25)16-6-3-9-21-19(16)26-15-4-1-2-5-15/h3,6-9,11-12,15H,1-2,4-5,10H2,(H,22,25). The van der Waals surface area contributed by atoms with Gasteiger partial charge in [0.1, 0.15) is 10.7 Å². The first-order valence-electron chi connectivity index (χ1n) is 8.72. The first-order valence-corrected chi connectivity index (χ1v) is 10.4. The molecule has 1 aliphatic rings. The number of rotatable bonds is 5. The van der Waals surface area contributed by atoms with Crippen molar-refractivity contribution in [3.8, 4) is 0 Å². The van der Waals surface area contributed by atoms with E-state index in [1.54, 1.807) is 18.0 Å². The van der Waals surface area contributed by atoms with Gasteiger partial charge < -0.3 is 9.72 Å². The van der Waals surface area contributed by atoms with Crippen molar-refractivity contribution in [1.29, 1.82) is 0 Å². The predicted molar refractivity (Wildman–Crippen MR) is 106 cm³/mol. The third kappa shape index (κ3) is 3.94. The number of carbonyl (C=O) groups excluding carboxylic acids is 1. The molecule has 0 aliphatic heterocycles. The number of thioether (sulfide) groups is 1. The number of imidazole rings is 1. The van der Waals surface area contributed by atoms with Gasteiger partial charge in [0, 0.05) is 28.3 Å². The first-order chi connectivity index (χ1) is 12.7. The molecule has 1 fully saturated rings. The Morgan fingerprint density at radius 1 is 1.27 bits per heavy atom. The summed E-state index contributed by atoms with van der Waals surface area (Å²) in [6.45, 7) is 0.389. The molecule has 0 saturated heterocycles. The van der Waals surface area contributed by atoms with E-state index in [0.29, 0.717) is 17.4 Å². The summed E-state index contributed by atoms with van der Waals surface area (Å²) < 4.78 is 2.93. The average Bonchev–Trinajstić information content (AvgIpc) is 3.29. The molecule has 0 aromatic carbocycles. The van der Waals surface area contributed by atoms with E-state index in [2.05, 4.69) is 31.2 Å². The lowest BCUT2D eigenvalue weighted by Crippen LogP contribution is -2.24. The maximum absolute atomic E-state index is 12.7. The van der Waals surface area contributed by atoms with Crippen LogP contribution in [0, 0.1) is 0 Å². The molecule has 7 heteroatoms. The van der Waals surface area contributed by atoms with Gasteiger partial charge in [0.2, 0.25) is 0 Å². The minimum Gasteiger partial charge on any atom is -0.346 e. The van der Waals surface area contributed by atoms with E-state index in [-0.39, 0.29) is 5.91 Å². The summed E-state index contributed by atoms with van der Waals surface area (Å²) in [4.78, 5) is 21.6. The molecular weight excluding hydrogens is 412 g/mol. The number of halogens is 1. The van der Waals surface area contributed by atoms with Crippen LogP contribution in [0.1, 0.15) is 41.7 Å². The van der Waals surface area contributed by atoms with Gasteiger partial charge in [-0.25, -0.2) is 9.97 Å². The molecule has 1 aliphatic carbocycles. The lowest BCUT2D eigenvalue weighted by Gasteiger charge is -2.11.